The predicted molar refractivity (Wildman–Crippen MR) is 130 cm³/mol. The number of piperidine rings is 1. The van der Waals surface area contributed by atoms with Gasteiger partial charge in [-0.2, -0.15) is 0 Å². The molecule has 2 rings (SSSR count). The molecule has 1 heterocycles. The molecule has 1 fully saturated rings. The van der Waals surface area contributed by atoms with Crippen LogP contribution < -0.4 is 10.6 Å². The van der Waals surface area contributed by atoms with Crippen molar-refractivity contribution >= 4 is 29.9 Å². The zero-order valence-electron chi connectivity index (χ0n) is 17.8. The van der Waals surface area contributed by atoms with Crippen LogP contribution in [0.3, 0.4) is 0 Å². The lowest BCUT2D eigenvalue weighted by Gasteiger charge is -2.31. The van der Waals surface area contributed by atoms with E-state index in [1.54, 1.807) is 0 Å². The van der Waals surface area contributed by atoms with Crippen molar-refractivity contribution in [2.24, 2.45) is 10.9 Å². The van der Waals surface area contributed by atoms with E-state index < -0.39 is 0 Å². The van der Waals surface area contributed by atoms with Crippen LogP contribution in [0.25, 0.3) is 0 Å². The second-order valence-corrected chi connectivity index (χ2v) is 7.37. The second kappa shape index (κ2) is 15.0. The first kappa shape index (κ1) is 25.2. The van der Waals surface area contributed by atoms with Crippen molar-refractivity contribution in [1.29, 1.82) is 0 Å². The highest BCUT2D eigenvalue weighted by atomic mass is 127. The van der Waals surface area contributed by atoms with Crippen LogP contribution in [0.2, 0.25) is 0 Å². The summed E-state index contributed by atoms with van der Waals surface area (Å²) >= 11 is 0. The lowest BCUT2D eigenvalue weighted by atomic mass is 9.93. The van der Waals surface area contributed by atoms with Crippen molar-refractivity contribution in [3.8, 4) is 0 Å². The maximum absolute atomic E-state index is 5.92. The Morgan fingerprint density at radius 1 is 1.18 bits per heavy atom. The summed E-state index contributed by atoms with van der Waals surface area (Å²) in [7, 11) is 1.84. The minimum Gasteiger partial charge on any atom is -0.374 e. The van der Waals surface area contributed by atoms with E-state index in [0.29, 0.717) is 0 Å². The Bertz CT molecular complexity index is 533. The topological polar surface area (TPSA) is 48.9 Å². The maximum atomic E-state index is 5.92. The summed E-state index contributed by atoms with van der Waals surface area (Å²) in [6.45, 7) is 10.7. The van der Waals surface area contributed by atoms with Crippen molar-refractivity contribution in [2.75, 3.05) is 46.4 Å². The largest absolute Gasteiger partial charge is 0.374 e. The minimum atomic E-state index is 0. The van der Waals surface area contributed by atoms with Crippen molar-refractivity contribution in [3.63, 3.8) is 0 Å². The maximum Gasteiger partial charge on any atom is 0.190 e. The third-order valence-corrected chi connectivity index (χ3v) is 5.47. The van der Waals surface area contributed by atoms with E-state index in [9.17, 15) is 0 Å². The number of likely N-dealkylation sites (tertiary alicyclic amines) is 1. The molecule has 0 spiro atoms. The number of rotatable bonds is 10. The van der Waals surface area contributed by atoms with Crippen LogP contribution in [0.5, 0.6) is 0 Å². The first-order chi connectivity index (χ1) is 13.2. The van der Waals surface area contributed by atoms with Crippen LogP contribution in [0.4, 0.5) is 0 Å². The number of guanidine groups is 1. The Hall–Kier alpha value is -0.860. The lowest BCUT2D eigenvalue weighted by molar-refractivity contribution is 0.0646. The highest BCUT2D eigenvalue weighted by molar-refractivity contribution is 14.0. The number of halogens is 1. The van der Waals surface area contributed by atoms with Gasteiger partial charge in [0.1, 0.15) is 0 Å². The van der Waals surface area contributed by atoms with Crippen molar-refractivity contribution in [3.05, 3.63) is 35.9 Å². The molecule has 28 heavy (non-hydrogen) atoms. The summed E-state index contributed by atoms with van der Waals surface area (Å²) in [5, 5.41) is 6.84. The average Bonchev–Trinajstić information content (AvgIpc) is 2.73. The van der Waals surface area contributed by atoms with Gasteiger partial charge in [-0.05, 0) is 63.7 Å². The quantitative estimate of drug-likeness (QED) is 0.219. The molecule has 160 valence electrons. The number of aliphatic imine (C=N–C) groups is 1. The van der Waals surface area contributed by atoms with Crippen LogP contribution in [0, 0.1) is 5.92 Å². The molecule has 1 aliphatic heterocycles. The molecule has 0 bridgehead atoms. The minimum absolute atomic E-state index is 0. The number of nitrogens with one attached hydrogen (secondary N) is 2. The van der Waals surface area contributed by atoms with Crippen LogP contribution >= 0.6 is 24.0 Å². The average molecular weight is 502 g/mol. The smallest absolute Gasteiger partial charge is 0.190 e. The third kappa shape index (κ3) is 9.56. The highest BCUT2D eigenvalue weighted by Gasteiger charge is 2.17. The Morgan fingerprint density at radius 3 is 2.50 bits per heavy atom. The van der Waals surface area contributed by atoms with Gasteiger partial charge >= 0.3 is 0 Å². The molecule has 2 N–H and O–H groups in total. The van der Waals surface area contributed by atoms with Gasteiger partial charge in [0.05, 0.1) is 6.10 Å². The fourth-order valence-electron chi connectivity index (χ4n) is 3.57. The van der Waals surface area contributed by atoms with Crippen molar-refractivity contribution in [2.45, 2.75) is 45.6 Å². The van der Waals surface area contributed by atoms with Gasteiger partial charge in [-0.25, -0.2) is 0 Å². The lowest BCUT2D eigenvalue weighted by Crippen LogP contribution is -2.40. The van der Waals surface area contributed by atoms with E-state index in [-0.39, 0.29) is 30.1 Å². The number of nitrogens with zero attached hydrogens (tertiary/aromatic N) is 2. The summed E-state index contributed by atoms with van der Waals surface area (Å²) in [6.07, 6.45) is 5.00. The van der Waals surface area contributed by atoms with Gasteiger partial charge in [0, 0.05) is 26.7 Å². The molecular weight excluding hydrogens is 463 g/mol. The molecule has 0 radical (unpaired) electrons. The molecule has 1 unspecified atom stereocenters. The number of benzene rings is 1. The molecule has 0 aliphatic carbocycles. The van der Waals surface area contributed by atoms with Crippen LogP contribution in [-0.4, -0.2) is 57.2 Å². The Morgan fingerprint density at radius 2 is 1.86 bits per heavy atom. The van der Waals surface area contributed by atoms with E-state index in [0.717, 1.165) is 38.0 Å². The Labute approximate surface area is 188 Å². The molecule has 1 aliphatic rings. The van der Waals surface area contributed by atoms with Gasteiger partial charge in [-0.3, -0.25) is 4.99 Å². The van der Waals surface area contributed by atoms with E-state index >= 15 is 0 Å². The molecule has 0 saturated carbocycles. The standard InChI is InChI=1S/C22H38N4O.HI/c1-4-26-16-12-20(13-17-26)11-15-25-22(23-3)24-14-8-18-27-19(2)21-9-6-5-7-10-21;/h5-7,9-10,19-20H,4,8,11-18H2,1-3H3,(H2,23,24,25);1H. The molecule has 1 aromatic rings. The Balaban J connectivity index is 0.00000392. The number of hydrogen-bond donors (Lipinski definition) is 2. The molecule has 1 aromatic carbocycles. The van der Waals surface area contributed by atoms with Gasteiger partial charge < -0.3 is 20.3 Å². The molecule has 0 amide bonds. The van der Waals surface area contributed by atoms with E-state index in [1.165, 1.54) is 44.5 Å². The molecule has 0 aromatic heterocycles. The summed E-state index contributed by atoms with van der Waals surface area (Å²) in [4.78, 5) is 6.87. The fraction of sp³-hybridized carbons (Fsp3) is 0.682. The normalized spacial score (nSPS) is 17.0. The Kier molecular flexibility index (Phi) is 13.5. The van der Waals surface area contributed by atoms with E-state index in [4.69, 9.17) is 4.74 Å². The zero-order valence-corrected chi connectivity index (χ0v) is 20.2. The molecule has 1 saturated heterocycles. The zero-order chi connectivity index (χ0) is 19.3. The SMILES string of the molecule is CCN1CCC(CCNC(=NC)NCCCOC(C)c2ccccc2)CC1.I. The summed E-state index contributed by atoms with van der Waals surface area (Å²) in [5.41, 5.74) is 1.23. The molecule has 5 nitrogen and oxygen atoms in total. The van der Waals surface area contributed by atoms with Crippen molar-refractivity contribution in [1.82, 2.24) is 15.5 Å². The summed E-state index contributed by atoms with van der Waals surface area (Å²) in [6, 6.07) is 10.4. The number of ether oxygens (including phenoxy) is 1. The monoisotopic (exact) mass is 502 g/mol. The van der Waals surface area contributed by atoms with Gasteiger partial charge in [-0.15, -0.1) is 24.0 Å². The van der Waals surface area contributed by atoms with Crippen LogP contribution in [-0.2, 0) is 4.74 Å². The van der Waals surface area contributed by atoms with Crippen LogP contribution in [0.15, 0.2) is 35.3 Å². The van der Waals surface area contributed by atoms with Gasteiger partial charge in [0.15, 0.2) is 5.96 Å². The second-order valence-electron chi connectivity index (χ2n) is 7.37. The first-order valence-electron chi connectivity index (χ1n) is 10.6. The molecule has 6 heteroatoms. The number of hydrogen-bond acceptors (Lipinski definition) is 3. The van der Waals surface area contributed by atoms with Gasteiger partial charge in [0.25, 0.3) is 0 Å². The predicted octanol–water partition coefficient (Wildman–Crippen LogP) is 4.06. The van der Waals surface area contributed by atoms with Crippen LogP contribution in [0.1, 0.15) is 51.2 Å². The van der Waals surface area contributed by atoms with Crippen molar-refractivity contribution < 1.29 is 4.74 Å². The molecule has 1 atom stereocenters. The van der Waals surface area contributed by atoms with Gasteiger partial charge in [0.2, 0.25) is 0 Å². The summed E-state index contributed by atoms with van der Waals surface area (Å²) in [5.74, 6) is 1.75. The first-order valence-corrected chi connectivity index (χ1v) is 10.6. The van der Waals surface area contributed by atoms with E-state index in [2.05, 4.69) is 58.6 Å². The third-order valence-electron chi connectivity index (χ3n) is 5.47. The summed E-state index contributed by atoms with van der Waals surface area (Å²) < 4.78 is 5.92. The van der Waals surface area contributed by atoms with E-state index in [1.807, 2.05) is 13.1 Å². The fourth-order valence-corrected chi connectivity index (χ4v) is 3.57. The highest BCUT2D eigenvalue weighted by Crippen LogP contribution is 2.19. The molecular formula is C22H39IN4O. The van der Waals surface area contributed by atoms with Gasteiger partial charge in [-0.1, -0.05) is 37.3 Å².